The molecule has 0 aliphatic rings. The number of benzene rings is 2. The van der Waals surface area contributed by atoms with Crippen LogP contribution in [0.5, 0.6) is 0 Å². The zero-order valence-electron chi connectivity index (χ0n) is 16.0. The highest BCUT2D eigenvalue weighted by atomic mass is 16.6. The van der Waals surface area contributed by atoms with Gasteiger partial charge in [0.25, 0.3) is 11.6 Å². The number of nitro groups is 1. The van der Waals surface area contributed by atoms with E-state index in [0.717, 1.165) is 6.07 Å². The fourth-order valence-electron chi connectivity index (χ4n) is 2.42. The summed E-state index contributed by atoms with van der Waals surface area (Å²) in [4.78, 5) is 46.3. The predicted molar refractivity (Wildman–Crippen MR) is 104 cm³/mol. The Morgan fingerprint density at radius 1 is 1.03 bits per heavy atom. The van der Waals surface area contributed by atoms with Crippen molar-refractivity contribution in [1.29, 1.82) is 0 Å². The molecule has 29 heavy (non-hydrogen) atoms. The maximum Gasteiger partial charge on any atom is 0.338 e. The average molecular weight is 401 g/mol. The molecule has 152 valence electrons. The van der Waals surface area contributed by atoms with Crippen molar-refractivity contribution in [2.75, 3.05) is 31.4 Å². The van der Waals surface area contributed by atoms with Gasteiger partial charge >= 0.3 is 11.9 Å². The van der Waals surface area contributed by atoms with Crippen LogP contribution in [0.2, 0.25) is 0 Å². The molecule has 0 radical (unpaired) electrons. The maximum atomic E-state index is 12.1. The predicted octanol–water partition coefficient (Wildman–Crippen LogP) is 2.53. The largest absolute Gasteiger partial charge is 0.465 e. The fourth-order valence-corrected chi connectivity index (χ4v) is 2.42. The van der Waals surface area contributed by atoms with E-state index in [-0.39, 0.29) is 22.5 Å². The Hall–Kier alpha value is -3.95. The molecule has 2 aromatic rings. The van der Waals surface area contributed by atoms with Crippen molar-refractivity contribution < 1.29 is 28.8 Å². The number of methoxy groups -OCH3 is 1. The minimum Gasteiger partial charge on any atom is -0.465 e. The molecule has 0 fully saturated rings. The van der Waals surface area contributed by atoms with Crippen molar-refractivity contribution in [3.63, 3.8) is 0 Å². The van der Waals surface area contributed by atoms with Gasteiger partial charge in [0, 0.05) is 18.8 Å². The van der Waals surface area contributed by atoms with Crippen molar-refractivity contribution in [2.24, 2.45) is 0 Å². The quantitative estimate of drug-likeness (QED) is 0.410. The van der Waals surface area contributed by atoms with Gasteiger partial charge in [-0.15, -0.1) is 0 Å². The van der Waals surface area contributed by atoms with E-state index in [0.29, 0.717) is 11.3 Å². The van der Waals surface area contributed by atoms with E-state index >= 15 is 0 Å². The Balaban J connectivity index is 2.04. The average Bonchev–Trinajstić information content (AvgIpc) is 2.72. The highest BCUT2D eigenvalue weighted by molar-refractivity contribution is 5.98. The summed E-state index contributed by atoms with van der Waals surface area (Å²) in [7, 11) is 2.76. The summed E-state index contributed by atoms with van der Waals surface area (Å²) in [5.41, 5.74) is 1.19. The summed E-state index contributed by atoms with van der Waals surface area (Å²) in [6, 6.07) is 8.42. The molecule has 10 nitrogen and oxygen atoms in total. The van der Waals surface area contributed by atoms with Crippen LogP contribution in [0.25, 0.3) is 0 Å². The zero-order chi connectivity index (χ0) is 21.6. The number of carbonyl (C=O) groups is 3. The van der Waals surface area contributed by atoms with Gasteiger partial charge in [0.2, 0.25) is 0 Å². The summed E-state index contributed by atoms with van der Waals surface area (Å²) in [6.45, 7) is 1.12. The third-order valence-corrected chi connectivity index (χ3v) is 3.97. The number of carbonyl (C=O) groups excluding carboxylic acids is 3. The van der Waals surface area contributed by atoms with Crippen molar-refractivity contribution in [3.8, 4) is 0 Å². The second-order valence-corrected chi connectivity index (χ2v) is 5.88. The molecule has 0 aliphatic heterocycles. The lowest BCUT2D eigenvalue weighted by Gasteiger charge is -2.11. The molecule has 10 heteroatoms. The molecule has 2 N–H and O–H groups in total. The number of nitro benzene ring substituents is 1. The molecule has 2 aromatic carbocycles. The molecule has 0 atom stereocenters. The third-order valence-electron chi connectivity index (χ3n) is 3.97. The Morgan fingerprint density at radius 2 is 1.69 bits per heavy atom. The van der Waals surface area contributed by atoms with Crippen LogP contribution < -0.4 is 10.6 Å². The molecule has 2 rings (SSSR count). The van der Waals surface area contributed by atoms with E-state index < -0.39 is 29.4 Å². The summed E-state index contributed by atoms with van der Waals surface area (Å²) < 4.78 is 9.56. The molecule has 0 aliphatic carbocycles. The number of esters is 2. The summed E-state index contributed by atoms with van der Waals surface area (Å²) in [5, 5.41) is 16.3. The third kappa shape index (κ3) is 5.28. The SMILES string of the molecule is CNc1ccc(C(=O)OCC(=O)Nc2cc(C(=O)OC)ccc2C)cc1[N+](=O)[O-]. The van der Waals surface area contributed by atoms with Crippen molar-refractivity contribution in [3.05, 3.63) is 63.2 Å². The number of aryl methyl sites for hydroxylation is 1. The van der Waals surface area contributed by atoms with Crippen LogP contribution in [-0.2, 0) is 14.3 Å². The van der Waals surface area contributed by atoms with E-state index in [2.05, 4.69) is 15.4 Å². The summed E-state index contributed by atoms with van der Waals surface area (Å²) >= 11 is 0. The molecule has 0 saturated heterocycles. The van der Waals surface area contributed by atoms with Crippen molar-refractivity contribution in [2.45, 2.75) is 6.92 Å². The van der Waals surface area contributed by atoms with Crippen LogP contribution in [0.1, 0.15) is 26.3 Å². The van der Waals surface area contributed by atoms with E-state index in [1.54, 1.807) is 19.1 Å². The van der Waals surface area contributed by atoms with Gasteiger partial charge in [-0.1, -0.05) is 6.07 Å². The van der Waals surface area contributed by atoms with Gasteiger partial charge in [-0.25, -0.2) is 9.59 Å². The van der Waals surface area contributed by atoms with Crippen molar-refractivity contribution in [1.82, 2.24) is 0 Å². The first kappa shape index (κ1) is 21.4. The molecular weight excluding hydrogens is 382 g/mol. The first-order valence-corrected chi connectivity index (χ1v) is 8.39. The molecule has 0 aromatic heterocycles. The Morgan fingerprint density at radius 3 is 2.31 bits per heavy atom. The maximum absolute atomic E-state index is 12.1. The monoisotopic (exact) mass is 401 g/mol. The number of hydrogen-bond donors (Lipinski definition) is 2. The second-order valence-electron chi connectivity index (χ2n) is 5.88. The lowest BCUT2D eigenvalue weighted by molar-refractivity contribution is -0.384. The first-order valence-electron chi connectivity index (χ1n) is 8.39. The first-order chi connectivity index (χ1) is 13.8. The van der Waals surface area contributed by atoms with Crippen LogP contribution in [0, 0.1) is 17.0 Å². The number of nitrogens with one attached hydrogen (secondary N) is 2. The molecule has 0 bridgehead atoms. The van der Waals surface area contributed by atoms with Crippen LogP contribution >= 0.6 is 0 Å². The molecular formula is C19H19N3O7. The molecule has 0 heterocycles. The van der Waals surface area contributed by atoms with Crippen LogP contribution in [-0.4, -0.2) is 43.5 Å². The number of hydrogen-bond acceptors (Lipinski definition) is 8. The highest BCUT2D eigenvalue weighted by Crippen LogP contribution is 2.25. The minimum absolute atomic E-state index is 0.0626. The van der Waals surface area contributed by atoms with Crippen LogP contribution in [0.4, 0.5) is 17.1 Å². The van der Waals surface area contributed by atoms with Crippen LogP contribution in [0.3, 0.4) is 0 Å². The lowest BCUT2D eigenvalue weighted by atomic mass is 10.1. The van der Waals surface area contributed by atoms with E-state index in [9.17, 15) is 24.5 Å². The normalized spacial score (nSPS) is 10.0. The lowest BCUT2D eigenvalue weighted by Crippen LogP contribution is -2.21. The standard InChI is InChI=1S/C19H19N3O7/c1-11-4-5-12(18(24)28-3)8-15(11)21-17(23)10-29-19(25)13-6-7-14(20-2)16(9-13)22(26)27/h4-9,20H,10H2,1-3H3,(H,21,23). The van der Waals surface area contributed by atoms with Gasteiger partial charge < -0.3 is 20.1 Å². The molecule has 0 spiro atoms. The smallest absolute Gasteiger partial charge is 0.338 e. The Bertz CT molecular complexity index is 972. The van der Waals surface area contributed by atoms with Crippen molar-refractivity contribution >= 4 is 34.9 Å². The summed E-state index contributed by atoms with van der Waals surface area (Å²) in [5.74, 6) is -2.07. The fraction of sp³-hybridized carbons (Fsp3) is 0.211. The molecule has 0 unspecified atom stereocenters. The number of nitrogens with zero attached hydrogens (tertiary/aromatic N) is 1. The Labute approximate surface area is 166 Å². The highest BCUT2D eigenvalue weighted by Gasteiger charge is 2.18. The minimum atomic E-state index is -0.883. The number of amides is 1. The molecule has 1 amide bonds. The molecule has 0 saturated carbocycles. The van der Waals surface area contributed by atoms with Gasteiger partial charge in [-0.2, -0.15) is 0 Å². The zero-order valence-corrected chi connectivity index (χ0v) is 16.0. The summed E-state index contributed by atoms with van der Waals surface area (Å²) in [6.07, 6.45) is 0. The topological polar surface area (TPSA) is 137 Å². The van der Waals surface area contributed by atoms with E-state index in [4.69, 9.17) is 4.74 Å². The van der Waals surface area contributed by atoms with E-state index in [1.807, 2.05) is 0 Å². The van der Waals surface area contributed by atoms with Gasteiger partial charge in [0.1, 0.15) is 5.69 Å². The van der Waals surface area contributed by atoms with Gasteiger partial charge in [0.05, 0.1) is 23.2 Å². The van der Waals surface area contributed by atoms with Crippen LogP contribution in [0.15, 0.2) is 36.4 Å². The van der Waals surface area contributed by atoms with Gasteiger partial charge in [-0.05, 0) is 36.8 Å². The van der Waals surface area contributed by atoms with Gasteiger partial charge in [-0.3, -0.25) is 14.9 Å². The number of anilines is 2. The number of ether oxygens (including phenoxy) is 2. The van der Waals surface area contributed by atoms with E-state index in [1.165, 1.54) is 32.4 Å². The van der Waals surface area contributed by atoms with Gasteiger partial charge in [0.15, 0.2) is 6.61 Å². The Kier molecular flexibility index (Phi) is 6.85. The number of rotatable bonds is 7. The second kappa shape index (κ2) is 9.31.